The molecule has 0 atom stereocenters. The zero-order valence-electron chi connectivity index (χ0n) is 14.0. The number of fused-ring (bicyclic) bond motifs is 2. The molecular formula is C21H20N2O2. The normalized spacial score (nSPS) is 13.3. The van der Waals surface area contributed by atoms with Crippen LogP contribution in [0.3, 0.4) is 0 Å². The maximum absolute atomic E-state index is 12.3. The van der Waals surface area contributed by atoms with Crippen LogP contribution in [0, 0.1) is 0 Å². The fraction of sp³-hybridized carbons (Fsp3) is 0.238. The second-order valence-corrected chi connectivity index (χ2v) is 6.36. The van der Waals surface area contributed by atoms with Crippen LogP contribution in [0.2, 0.25) is 0 Å². The van der Waals surface area contributed by atoms with Crippen molar-refractivity contribution in [3.63, 3.8) is 0 Å². The SMILES string of the molecule is O=C(COc1ccc2c(c1)CCCC2)Nc1cccc2cccnc12. The topological polar surface area (TPSA) is 51.2 Å². The van der Waals surface area contributed by atoms with Gasteiger partial charge in [0.2, 0.25) is 0 Å². The van der Waals surface area contributed by atoms with Crippen molar-refractivity contribution in [3.05, 3.63) is 65.9 Å². The summed E-state index contributed by atoms with van der Waals surface area (Å²) < 4.78 is 5.69. The lowest BCUT2D eigenvalue weighted by Crippen LogP contribution is -2.20. The van der Waals surface area contributed by atoms with Crippen LogP contribution in [0.1, 0.15) is 24.0 Å². The summed E-state index contributed by atoms with van der Waals surface area (Å²) in [6.45, 7) is -0.0119. The predicted molar refractivity (Wildman–Crippen MR) is 99.0 cm³/mol. The van der Waals surface area contributed by atoms with Gasteiger partial charge in [-0.2, -0.15) is 0 Å². The van der Waals surface area contributed by atoms with Crippen molar-refractivity contribution in [1.82, 2.24) is 4.98 Å². The third kappa shape index (κ3) is 3.48. The van der Waals surface area contributed by atoms with E-state index in [0.29, 0.717) is 5.69 Å². The number of carbonyl (C=O) groups excluding carboxylic acids is 1. The highest BCUT2D eigenvalue weighted by atomic mass is 16.5. The van der Waals surface area contributed by atoms with Gasteiger partial charge in [0.15, 0.2) is 6.61 Å². The number of rotatable bonds is 4. The number of nitrogens with zero attached hydrogens (tertiary/aromatic N) is 1. The summed E-state index contributed by atoms with van der Waals surface area (Å²) in [5, 5.41) is 3.89. The summed E-state index contributed by atoms with van der Waals surface area (Å²) in [5.41, 5.74) is 4.25. The van der Waals surface area contributed by atoms with Gasteiger partial charge >= 0.3 is 0 Å². The van der Waals surface area contributed by atoms with Crippen LogP contribution < -0.4 is 10.1 Å². The average molecular weight is 332 g/mol. The molecule has 1 amide bonds. The molecule has 4 heteroatoms. The van der Waals surface area contributed by atoms with Crippen LogP contribution in [0.25, 0.3) is 10.9 Å². The minimum atomic E-state index is -0.184. The lowest BCUT2D eigenvalue weighted by Gasteiger charge is -2.16. The Morgan fingerprint density at radius 1 is 1.04 bits per heavy atom. The summed E-state index contributed by atoms with van der Waals surface area (Å²) in [5.74, 6) is 0.572. The van der Waals surface area contributed by atoms with Crippen LogP contribution in [0.4, 0.5) is 5.69 Å². The summed E-state index contributed by atoms with van der Waals surface area (Å²) in [6.07, 6.45) is 6.45. The first kappa shape index (κ1) is 15.6. The molecule has 1 heterocycles. The number of aromatic nitrogens is 1. The van der Waals surface area contributed by atoms with Crippen molar-refractivity contribution in [2.24, 2.45) is 0 Å². The van der Waals surface area contributed by atoms with Crippen molar-refractivity contribution in [2.75, 3.05) is 11.9 Å². The van der Waals surface area contributed by atoms with Gasteiger partial charge < -0.3 is 10.1 Å². The van der Waals surface area contributed by atoms with Gasteiger partial charge in [0.25, 0.3) is 5.91 Å². The Morgan fingerprint density at radius 2 is 1.88 bits per heavy atom. The Bertz CT molecular complexity index is 915. The van der Waals surface area contributed by atoms with Gasteiger partial charge in [-0.1, -0.05) is 24.3 Å². The smallest absolute Gasteiger partial charge is 0.262 e. The van der Waals surface area contributed by atoms with E-state index in [0.717, 1.165) is 29.5 Å². The van der Waals surface area contributed by atoms with Gasteiger partial charge in [0, 0.05) is 11.6 Å². The molecule has 0 bridgehead atoms. The van der Waals surface area contributed by atoms with Crippen LogP contribution in [-0.4, -0.2) is 17.5 Å². The minimum Gasteiger partial charge on any atom is -0.484 e. The fourth-order valence-corrected chi connectivity index (χ4v) is 3.34. The van der Waals surface area contributed by atoms with E-state index >= 15 is 0 Å². The molecule has 0 fully saturated rings. The molecule has 0 spiro atoms. The molecule has 3 aromatic rings. The first-order valence-corrected chi connectivity index (χ1v) is 8.68. The number of carbonyl (C=O) groups is 1. The third-order valence-electron chi connectivity index (χ3n) is 4.60. The first-order valence-electron chi connectivity index (χ1n) is 8.68. The quantitative estimate of drug-likeness (QED) is 0.781. The number of aryl methyl sites for hydroxylation is 2. The number of amides is 1. The molecule has 126 valence electrons. The number of nitrogens with one attached hydrogen (secondary N) is 1. The van der Waals surface area contributed by atoms with Gasteiger partial charge in [-0.25, -0.2) is 0 Å². The monoisotopic (exact) mass is 332 g/mol. The predicted octanol–water partition coefficient (Wildman–Crippen LogP) is 4.13. The Kier molecular flexibility index (Phi) is 4.34. The molecule has 0 radical (unpaired) electrons. The maximum Gasteiger partial charge on any atom is 0.262 e. The average Bonchev–Trinajstić information content (AvgIpc) is 2.66. The molecule has 0 saturated heterocycles. The van der Waals surface area contributed by atoms with E-state index < -0.39 is 0 Å². The fourth-order valence-electron chi connectivity index (χ4n) is 3.34. The summed E-state index contributed by atoms with van der Waals surface area (Å²) in [4.78, 5) is 16.6. The van der Waals surface area contributed by atoms with E-state index in [1.54, 1.807) is 6.20 Å². The van der Waals surface area contributed by atoms with E-state index in [-0.39, 0.29) is 12.5 Å². The maximum atomic E-state index is 12.3. The van der Waals surface area contributed by atoms with Crippen LogP contribution in [0.15, 0.2) is 54.7 Å². The first-order chi connectivity index (χ1) is 12.3. The molecule has 2 aromatic carbocycles. The van der Waals surface area contributed by atoms with E-state index in [2.05, 4.69) is 22.4 Å². The number of hydrogen-bond donors (Lipinski definition) is 1. The molecule has 0 unspecified atom stereocenters. The lowest BCUT2D eigenvalue weighted by atomic mass is 9.92. The van der Waals surface area contributed by atoms with Gasteiger partial charge in [-0.05, 0) is 61.1 Å². The van der Waals surface area contributed by atoms with Crippen molar-refractivity contribution < 1.29 is 9.53 Å². The second kappa shape index (κ2) is 6.93. The molecule has 1 aliphatic carbocycles. The Hall–Kier alpha value is -2.88. The number of para-hydroxylation sites is 1. The molecule has 0 aliphatic heterocycles. The molecule has 4 nitrogen and oxygen atoms in total. The van der Waals surface area contributed by atoms with Crippen molar-refractivity contribution in [3.8, 4) is 5.75 Å². The van der Waals surface area contributed by atoms with E-state index in [9.17, 15) is 4.79 Å². The number of hydrogen-bond acceptors (Lipinski definition) is 3. The Labute approximate surface area is 146 Å². The largest absolute Gasteiger partial charge is 0.484 e. The Balaban J connectivity index is 1.42. The highest BCUT2D eigenvalue weighted by molar-refractivity contribution is 6.00. The number of pyridine rings is 1. The van der Waals surface area contributed by atoms with E-state index in [1.807, 2.05) is 36.4 Å². The van der Waals surface area contributed by atoms with Gasteiger partial charge in [0.1, 0.15) is 5.75 Å². The van der Waals surface area contributed by atoms with Crippen molar-refractivity contribution in [1.29, 1.82) is 0 Å². The van der Waals surface area contributed by atoms with Crippen LogP contribution in [-0.2, 0) is 17.6 Å². The number of anilines is 1. The molecule has 25 heavy (non-hydrogen) atoms. The number of benzene rings is 2. The van der Waals surface area contributed by atoms with E-state index in [1.165, 1.54) is 24.0 Å². The molecule has 1 aromatic heterocycles. The Morgan fingerprint density at radius 3 is 2.80 bits per heavy atom. The van der Waals surface area contributed by atoms with E-state index in [4.69, 9.17) is 4.74 Å². The van der Waals surface area contributed by atoms with Crippen molar-refractivity contribution >= 4 is 22.5 Å². The summed E-state index contributed by atoms with van der Waals surface area (Å²) >= 11 is 0. The van der Waals surface area contributed by atoms with Crippen molar-refractivity contribution in [2.45, 2.75) is 25.7 Å². The summed E-state index contributed by atoms with van der Waals surface area (Å²) in [6, 6.07) is 15.7. The zero-order chi connectivity index (χ0) is 17.1. The highest BCUT2D eigenvalue weighted by Crippen LogP contribution is 2.25. The van der Waals surface area contributed by atoms with Crippen LogP contribution >= 0.6 is 0 Å². The minimum absolute atomic E-state index is 0.0119. The molecule has 4 rings (SSSR count). The standard InChI is InChI=1S/C21H20N2O2/c24-20(23-19-9-3-7-16-8-4-12-22-21(16)19)14-25-18-11-10-15-5-1-2-6-17(15)13-18/h3-4,7-13H,1-2,5-6,14H2,(H,23,24). The van der Waals surface area contributed by atoms with Gasteiger partial charge in [-0.3, -0.25) is 9.78 Å². The molecule has 0 saturated carbocycles. The third-order valence-corrected chi connectivity index (χ3v) is 4.60. The summed E-state index contributed by atoms with van der Waals surface area (Å²) in [7, 11) is 0. The van der Waals surface area contributed by atoms with Gasteiger partial charge in [0.05, 0.1) is 11.2 Å². The highest BCUT2D eigenvalue weighted by Gasteiger charge is 2.11. The molecule has 1 N–H and O–H groups in total. The van der Waals surface area contributed by atoms with Gasteiger partial charge in [-0.15, -0.1) is 0 Å². The molecule has 1 aliphatic rings. The second-order valence-electron chi connectivity index (χ2n) is 6.36. The molecular weight excluding hydrogens is 312 g/mol. The van der Waals surface area contributed by atoms with Crippen LogP contribution in [0.5, 0.6) is 5.75 Å². The zero-order valence-corrected chi connectivity index (χ0v) is 14.0. The number of ether oxygens (including phenoxy) is 1. The lowest BCUT2D eigenvalue weighted by molar-refractivity contribution is -0.118.